The molecule has 18 heavy (non-hydrogen) atoms. The molecular formula is C12H17N3O2S. The molecule has 3 rings (SSSR count). The summed E-state index contributed by atoms with van der Waals surface area (Å²) in [6.07, 6.45) is 0.857. The van der Waals surface area contributed by atoms with Crippen LogP contribution in [-0.4, -0.2) is 49.1 Å². The van der Waals surface area contributed by atoms with Crippen LogP contribution in [0.4, 0.5) is 0 Å². The Hall–Kier alpha value is -0.980. The van der Waals surface area contributed by atoms with Gasteiger partial charge in [0.25, 0.3) is 0 Å². The molecule has 2 aliphatic heterocycles. The van der Waals surface area contributed by atoms with E-state index < -0.39 is 0 Å². The van der Waals surface area contributed by atoms with Crippen LogP contribution in [0.3, 0.4) is 0 Å². The van der Waals surface area contributed by atoms with Gasteiger partial charge in [0, 0.05) is 25.4 Å². The van der Waals surface area contributed by atoms with Crippen molar-refractivity contribution in [1.29, 1.82) is 0 Å². The molecule has 0 spiro atoms. The third-order valence-electron chi connectivity index (χ3n) is 3.59. The van der Waals surface area contributed by atoms with Gasteiger partial charge in [0.15, 0.2) is 0 Å². The van der Waals surface area contributed by atoms with E-state index in [1.807, 2.05) is 17.5 Å². The van der Waals surface area contributed by atoms with E-state index in [0.29, 0.717) is 5.92 Å². The summed E-state index contributed by atoms with van der Waals surface area (Å²) >= 11 is 1.57. The summed E-state index contributed by atoms with van der Waals surface area (Å²) in [4.78, 5) is 19.9. The first-order valence-corrected chi connectivity index (χ1v) is 7.13. The van der Waals surface area contributed by atoms with Gasteiger partial charge in [-0.2, -0.15) is 0 Å². The maximum atomic E-state index is 12.5. The largest absolute Gasteiger partial charge is 0.381 e. The van der Waals surface area contributed by atoms with Crippen LogP contribution in [0.15, 0.2) is 5.51 Å². The van der Waals surface area contributed by atoms with Crippen molar-refractivity contribution in [3.8, 4) is 0 Å². The average molecular weight is 267 g/mol. The highest BCUT2D eigenvalue weighted by molar-refractivity contribution is 7.10. The topological polar surface area (TPSA) is 54.5 Å². The molecule has 1 N–H and O–H groups in total. The average Bonchev–Trinajstić information content (AvgIpc) is 2.72. The molecule has 1 aromatic rings. The number of hydrogen-bond acceptors (Lipinski definition) is 5. The lowest BCUT2D eigenvalue weighted by atomic mass is 10.1. The van der Waals surface area contributed by atoms with Crippen LogP contribution in [0.25, 0.3) is 0 Å². The predicted octanol–water partition coefficient (Wildman–Crippen LogP) is 0.435. The monoisotopic (exact) mass is 267 g/mol. The zero-order valence-corrected chi connectivity index (χ0v) is 11.2. The lowest BCUT2D eigenvalue weighted by molar-refractivity contribution is -0.136. The van der Waals surface area contributed by atoms with E-state index in [4.69, 9.17) is 4.74 Å². The highest BCUT2D eigenvalue weighted by Crippen LogP contribution is 2.28. The summed E-state index contributed by atoms with van der Waals surface area (Å²) in [5.41, 5.74) is 2.90. The molecule has 5 nitrogen and oxygen atoms in total. The third kappa shape index (κ3) is 2.04. The smallest absolute Gasteiger partial charge is 0.245 e. The summed E-state index contributed by atoms with van der Waals surface area (Å²) in [7, 11) is 1.84. The molecule has 0 saturated carbocycles. The molecule has 0 aromatic carbocycles. The van der Waals surface area contributed by atoms with E-state index in [9.17, 15) is 4.79 Å². The van der Waals surface area contributed by atoms with Crippen molar-refractivity contribution in [2.24, 2.45) is 5.92 Å². The Morgan fingerprint density at radius 2 is 2.44 bits per heavy atom. The normalized spacial score (nSPS) is 24.6. The number of hydrogen-bond donors (Lipinski definition) is 1. The van der Waals surface area contributed by atoms with Gasteiger partial charge in [0.2, 0.25) is 5.91 Å². The zero-order chi connectivity index (χ0) is 12.5. The fourth-order valence-electron chi connectivity index (χ4n) is 2.48. The third-order valence-corrected chi connectivity index (χ3v) is 4.52. The number of aromatic nitrogens is 1. The first-order valence-electron chi connectivity index (χ1n) is 6.25. The molecule has 3 heterocycles. The van der Waals surface area contributed by atoms with Crippen molar-refractivity contribution in [1.82, 2.24) is 15.2 Å². The van der Waals surface area contributed by atoms with E-state index in [0.717, 1.165) is 43.3 Å². The van der Waals surface area contributed by atoms with Gasteiger partial charge < -0.3 is 15.0 Å². The Morgan fingerprint density at radius 3 is 3.11 bits per heavy atom. The van der Waals surface area contributed by atoms with Crippen LogP contribution >= 0.6 is 11.3 Å². The highest BCUT2D eigenvalue weighted by Gasteiger charge is 2.33. The number of fused-ring (bicyclic) bond motifs is 1. The highest BCUT2D eigenvalue weighted by atomic mass is 32.1. The fraction of sp³-hybridized carbons (Fsp3) is 0.667. The minimum atomic E-state index is -0.226. The second-order valence-corrected chi connectivity index (χ2v) is 5.71. The van der Waals surface area contributed by atoms with Crippen molar-refractivity contribution >= 4 is 17.2 Å². The first-order chi connectivity index (χ1) is 8.79. The molecule has 1 fully saturated rings. The summed E-state index contributed by atoms with van der Waals surface area (Å²) in [6, 6.07) is -0.226. The summed E-state index contributed by atoms with van der Waals surface area (Å²) in [5.74, 6) is 0.683. The van der Waals surface area contributed by atoms with Crippen molar-refractivity contribution in [3.63, 3.8) is 0 Å². The van der Waals surface area contributed by atoms with Crippen LogP contribution in [-0.2, 0) is 16.0 Å². The number of likely N-dealkylation sites (N-methyl/N-ethyl adjacent to an activating group) is 1. The number of rotatable bonds is 3. The predicted molar refractivity (Wildman–Crippen MR) is 68.5 cm³/mol. The molecule has 1 unspecified atom stereocenters. The molecule has 1 atom stereocenters. The van der Waals surface area contributed by atoms with Gasteiger partial charge >= 0.3 is 0 Å². The Bertz CT molecular complexity index is 444. The van der Waals surface area contributed by atoms with Gasteiger partial charge in [-0.1, -0.05) is 0 Å². The number of thiazole rings is 1. The minimum absolute atomic E-state index is 0.174. The number of carbonyl (C=O) groups is 1. The molecule has 98 valence electrons. The Morgan fingerprint density at radius 1 is 1.61 bits per heavy atom. The van der Waals surface area contributed by atoms with Crippen LogP contribution in [0.5, 0.6) is 0 Å². The Kier molecular flexibility index (Phi) is 3.32. The number of carbonyl (C=O) groups excluding carboxylic acids is 1. The minimum Gasteiger partial charge on any atom is -0.381 e. The van der Waals surface area contributed by atoms with Crippen molar-refractivity contribution in [2.75, 3.05) is 33.4 Å². The van der Waals surface area contributed by atoms with Gasteiger partial charge in [-0.05, 0) is 7.05 Å². The Labute approximate surface area is 110 Å². The van der Waals surface area contributed by atoms with Crippen molar-refractivity contribution < 1.29 is 9.53 Å². The molecule has 1 aromatic heterocycles. The summed E-state index contributed by atoms with van der Waals surface area (Å²) in [5, 5.41) is 3.12. The van der Waals surface area contributed by atoms with Crippen LogP contribution in [0, 0.1) is 5.92 Å². The Balaban J connectivity index is 1.79. The lowest BCUT2D eigenvalue weighted by Crippen LogP contribution is -2.45. The van der Waals surface area contributed by atoms with Crippen LogP contribution in [0.1, 0.15) is 16.6 Å². The number of ether oxygens (including phenoxy) is 1. The molecule has 1 saturated heterocycles. The molecular weight excluding hydrogens is 250 g/mol. The summed E-state index contributed by atoms with van der Waals surface area (Å²) < 4.78 is 5.18. The van der Waals surface area contributed by atoms with Gasteiger partial charge in [0.05, 0.1) is 29.3 Å². The molecule has 1 amide bonds. The SMILES string of the molecule is CNC1C(=O)N(CC2COC2)CCc2ncsc21. The van der Waals surface area contributed by atoms with Gasteiger partial charge in [0.1, 0.15) is 6.04 Å². The van der Waals surface area contributed by atoms with E-state index in [1.54, 1.807) is 11.3 Å². The molecule has 6 heteroatoms. The van der Waals surface area contributed by atoms with Crippen LogP contribution < -0.4 is 5.32 Å². The van der Waals surface area contributed by atoms with E-state index >= 15 is 0 Å². The van der Waals surface area contributed by atoms with Crippen molar-refractivity contribution in [2.45, 2.75) is 12.5 Å². The second-order valence-electron chi connectivity index (χ2n) is 4.82. The molecule has 0 bridgehead atoms. The fourth-order valence-corrected chi connectivity index (χ4v) is 3.42. The van der Waals surface area contributed by atoms with E-state index in [1.165, 1.54) is 0 Å². The molecule has 0 radical (unpaired) electrons. The maximum absolute atomic E-state index is 12.5. The zero-order valence-electron chi connectivity index (χ0n) is 10.4. The van der Waals surface area contributed by atoms with Gasteiger partial charge in [-0.15, -0.1) is 11.3 Å². The maximum Gasteiger partial charge on any atom is 0.245 e. The van der Waals surface area contributed by atoms with Crippen LogP contribution in [0.2, 0.25) is 0 Å². The second kappa shape index (κ2) is 4.95. The number of nitrogens with one attached hydrogen (secondary N) is 1. The number of amides is 1. The first kappa shape index (κ1) is 12.1. The van der Waals surface area contributed by atoms with E-state index in [2.05, 4.69) is 10.3 Å². The van der Waals surface area contributed by atoms with E-state index in [-0.39, 0.29) is 11.9 Å². The number of nitrogens with zero attached hydrogens (tertiary/aromatic N) is 2. The van der Waals surface area contributed by atoms with Gasteiger partial charge in [-0.3, -0.25) is 4.79 Å². The molecule has 2 aliphatic rings. The molecule has 0 aliphatic carbocycles. The van der Waals surface area contributed by atoms with Crippen molar-refractivity contribution in [3.05, 3.63) is 16.1 Å². The summed E-state index contributed by atoms with van der Waals surface area (Å²) in [6.45, 7) is 3.15. The lowest BCUT2D eigenvalue weighted by Gasteiger charge is -2.33. The van der Waals surface area contributed by atoms with Gasteiger partial charge in [-0.25, -0.2) is 4.98 Å². The quantitative estimate of drug-likeness (QED) is 0.863. The standard InChI is InChI=1S/C12H17N3O2S/c1-13-10-11-9(14-7-18-11)2-3-15(12(10)16)4-8-5-17-6-8/h7-8,10,13H,2-6H2,1H3.